The minimum Gasteiger partial charge on any atom is -0.387 e. The Morgan fingerprint density at radius 2 is 0.818 bits per heavy atom. The first-order chi connectivity index (χ1) is 20.7. The predicted octanol–water partition coefficient (Wildman–Crippen LogP) is 9.65. The van der Waals surface area contributed by atoms with E-state index in [2.05, 4.69) is 114 Å². The molecule has 2 heterocycles. The van der Waals surface area contributed by atoms with Crippen molar-refractivity contribution in [3.05, 3.63) is 120 Å². The third kappa shape index (κ3) is 29.2. The molecule has 0 saturated heterocycles. The fraction of sp³-hybridized carbons (Fsp3) is 0.368. The van der Waals surface area contributed by atoms with Gasteiger partial charge in [0, 0.05) is 24.3 Å². The molecule has 2 aliphatic rings. The van der Waals surface area contributed by atoms with E-state index in [0.29, 0.717) is 0 Å². The number of esters is 4. The second kappa shape index (κ2) is 26.3. The lowest BCUT2D eigenvalue weighted by molar-refractivity contribution is -0.151. The molecule has 0 radical (unpaired) electrons. The zero-order chi connectivity index (χ0) is 33.9. The van der Waals surface area contributed by atoms with E-state index in [1.54, 1.807) is 0 Å². The molecule has 6 nitrogen and oxygen atoms in total. The molecule has 0 saturated carbocycles. The summed E-state index contributed by atoms with van der Waals surface area (Å²) in [5, 5.41) is 0. The van der Waals surface area contributed by atoms with Crippen molar-refractivity contribution in [1.82, 2.24) is 0 Å². The van der Waals surface area contributed by atoms with Crippen LogP contribution in [0, 0.1) is 0 Å². The van der Waals surface area contributed by atoms with Gasteiger partial charge in [-0.25, -0.2) is 19.2 Å². The van der Waals surface area contributed by atoms with Gasteiger partial charge in [-0.3, -0.25) is 0 Å². The van der Waals surface area contributed by atoms with Crippen LogP contribution in [0.4, 0.5) is 0 Å². The van der Waals surface area contributed by atoms with Crippen LogP contribution in [0.25, 0.3) is 0 Å². The maximum atomic E-state index is 9.92. The van der Waals surface area contributed by atoms with E-state index >= 15 is 0 Å². The first-order valence-corrected chi connectivity index (χ1v) is 14.7. The number of cyclic esters (lactones) is 4. The Hall–Kier alpha value is -4.32. The average Bonchev–Trinajstić information content (AvgIpc) is 3.53. The Kier molecular flexibility index (Phi) is 25.0. The molecular formula is C38H52O6. The summed E-state index contributed by atoms with van der Waals surface area (Å²) in [7, 11) is 0. The van der Waals surface area contributed by atoms with Crippen molar-refractivity contribution >= 4 is 23.9 Å². The lowest BCUT2D eigenvalue weighted by Crippen LogP contribution is -1.96. The van der Waals surface area contributed by atoms with Gasteiger partial charge in [-0.05, 0) is 93.9 Å². The van der Waals surface area contributed by atoms with Crippen molar-refractivity contribution in [2.45, 2.75) is 93.9 Å². The highest BCUT2D eigenvalue weighted by Crippen LogP contribution is 2.09. The zero-order valence-corrected chi connectivity index (χ0v) is 28.0. The van der Waals surface area contributed by atoms with Gasteiger partial charge in [0.15, 0.2) is 0 Å². The molecule has 0 amide bonds. The topological polar surface area (TPSA) is 86.7 Å². The van der Waals surface area contributed by atoms with Gasteiger partial charge in [-0.15, -0.1) is 0 Å². The Balaban J connectivity index is 0. The zero-order valence-electron chi connectivity index (χ0n) is 28.0. The number of hydrogen-bond donors (Lipinski definition) is 0. The predicted molar refractivity (Wildman–Crippen MR) is 182 cm³/mol. The summed E-state index contributed by atoms with van der Waals surface area (Å²) < 4.78 is 7.94. The number of carbonyl (C=O) groups excluding carboxylic acids is 4. The van der Waals surface area contributed by atoms with E-state index in [4.69, 9.17) is 0 Å². The van der Waals surface area contributed by atoms with Crippen LogP contribution in [0.15, 0.2) is 120 Å². The molecule has 240 valence electrons. The van der Waals surface area contributed by atoms with Gasteiger partial charge in [-0.2, -0.15) is 0 Å². The molecule has 44 heavy (non-hydrogen) atoms. The molecule has 0 bridgehead atoms. The molecule has 0 N–H and O–H groups in total. The van der Waals surface area contributed by atoms with E-state index in [1.165, 1.54) is 46.3 Å². The summed E-state index contributed by atoms with van der Waals surface area (Å²) in [6, 6.07) is 0. The molecule has 0 fully saturated rings. The van der Waals surface area contributed by atoms with E-state index in [9.17, 15) is 19.2 Å². The molecular weight excluding hydrogens is 552 g/mol. The van der Waals surface area contributed by atoms with Crippen LogP contribution < -0.4 is 0 Å². The van der Waals surface area contributed by atoms with E-state index < -0.39 is 23.9 Å². The summed E-state index contributed by atoms with van der Waals surface area (Å²) in [5.41, 5.74) is 8.27. The molecule has 2 aliphatic heterocycles. The number of hydrogen-bond acceptors (Lipinski definition) is 6. The van der Waals surface area contributed by atoms with Crippen LogP contribution in [0.3, 0.4) is 0 Å². The largest absolute Gasteiger partial charge is 0.387 e. The molecule has 0 aromatic carbocycles. The van der Waals surface area contributed by atoms with Gasteiger partial charge < -0.3 is 9.47 Å². The molecule has 0 aromatic rings. The summed E-state index contributed by atoms with van der Waals surface area (Å²) in [6.07, 6.45) is 28.4. The Morgan fingerprint density at radius 3 is 1.02 bits per heavy atom. The Morgan fingerprint density at radius 1 is 0.523 bits per heavy atom. The first-order valence-electron chi connectivity index (χ1n) is 14.7. The molecule has 0 spiro atoms. The third-order valence-electron chi connectivity index (χ3n) is 5.75. The van der Waals surface area contributed by atoms with Crippen molar-refractivity contribution in [2.24, 2.45) is 0 Å². The van der Waals surface area contributed by atoms with Crippen molar-refractivity contribution in [3.8, 4) is 0 Å². The molecule has 0 aliphatic carbocycles. The highest BCUT2D eigenvalue weighted by atomic mass is 16.6. The van der Waals surface area contributed by atoms with E-state index in [0.717, 1.165) is 50.0 Å². The maximum absolute atomic E-state index is 9.92. The monoisotopic (exact) mass is 604 g/mol. The van der Waals surface area contributed by atoms with Crippen molar-refractivity contribution in [3.63, 3.8) is 0 Å². The van der Waals surface area contributed by atoms with Gasteiger partial charge >= 0.3 is 23.9 Å². The van der Waals surface area contributed by atoms with Gasteiger partial charge in [0.1, 0.15) is 0 Å². The fourth-order valence-corrected chi connectivity index (χ4v) is 3.05. The van der Waals surface area contributed by atoms with Gasteiger partial charge in [0.25, 0.3) is 0 Å². The van der Waals surface area contributed by atoms with E-state index in [-0.39, 0.29) is 0 Å². The number of ether oxygens (including phenoxy) is 2. The second-order valence-electron chi connectivity index (χ2n) is 10.7. The Bertz CT molecular complexity index is 1090. The minimum atomic E-state index is -0.579. The minimum absolute atomic E-state index is 0.579. The normalized spacial score (nSPS) is 14.2. The van der Waals surface area contributed by atoms with Crippen LogP contribution in [-0.4, -0.2) is 23.9 Å². The highest BCUT2D eigenvalue weighted by molar-refractivity contribution is 6.05. The Labute approximate surface area is 265 Å². The maximum Gasteiger partial charge on any atom is 0.338 e. The standard InChI is InChI=1S/2C15H24.2C4H2O3/c2*1-6-14(4)10-8-12-15(5)11-7-9-13(2)3;2*5-3-1-2-4(6)7-3/h2*6,9-10,12H,1,7-8,11H2,2-5H3;2*1-2H/b2*14-10+,15-12+;;. The second-order valence-corrected chi connectivity index (χ2v) is 10.7. The SMILES string of the molecule is C=C/C(C)=C/C/C=C(\C)CCC=C(C)C.C=C/C(C)=C/C/C=C(\C)CCC=C(C)C.O=C1C=CC(=O)O1.O=C1C=CC(=O)O1. The lowest BCUT2D eigenvalue weighted by Gasteiger charge is -1.98. The molecule has 2 rings (SSSR count). The molecule has 0 aromatic heterocycles. The molecule has 6 heteroatoms. The van der Waals surface area contributed by atoms with Crippen LogP contribution in [0.5, 0.6) is 0 Å². The van der Waals surface area contributed by atoms with Crippen LogP contribution >= 0.6 is 0 Å². The molecule has 0 unspecified atom stereocenters. The average molecular weight is 605 g/mol. The summed E-state index contributed by atoms with van der Waals surface area (Å²) in [4.78, 5) is 39.7. The van der Waals surface area contributed by atoms with Crippen molar-refractivity contribution < 1.29 is 28.7 Å². The molecule has 0 atom stereocenters. The summed E-state index contributed by atoms with van der Waals surface area (Å²) in [5.74, 6) is -2.31. The quantitative estimate of drug-likeness (QED) is 0.0954. The summed E-state index contributed by atoms with van der Waals surface area (Å²) in [6.45, 7) is 24.6. The van der Waals surface area contributed by atoms with Crippen LogP contribution in [0.1, 0.15) is 93.9 Å². The van der Waals surface area contributed by atoms with Gasteiger partial charge in [-0.1, -0.05) is 95.2 Å². The lowest BCUT2D eigenvalue weighted by atomic mass is 10.1. The first kappa shape index (κ1) is 41.8. The van der Waals surface area contributed by atoms with E-state index in [1.807, 2.05) is 12.2 Å². The number of carbonyl (C=O) groups is 4. The van der Waals surface area contributed by atoms with Gasteiger partial charge in [0.2, 0.25) is 0 Å². The van der Waals surface area contributed by atoms with Gasteiger partial charge in [0.05, 0.1) is 0 Å². The summed E-state index contributed by atoms with van der Waals surface area (Å²) >= 11 is 0. The smallest absolute Gasteiger partial charge is 0.338 e. The number of allylic oxidation sites excluding steroid dienone is 14. The van der Waals surface area contributed by atoms with Crippen LogP contribution in [-0.2, 0) is 28.7 Å². The van der Waals surface area contributed by atoms with Crippen LogP contribution in [0.2, 0.25) is 0 Å². The number of rotatable bonds is 12. The van der Waals surface area contributed by atoms with Crippen molar-refractivity contribution in [2.75, 3.05) is 0 Å². The fourth-order valence-electron chi connectivity index (χ4n) is 3.05. The third-order valence-corrected chi connectivity index (χ3v) is 5.75. The highest BCUT2D eigenvalue weighted by Gasteiger charge is 2.11. The van der Waals surface area contributed by atoms with Crippen molar-refractivity contribution in [1.29, 1.82) is 0 Å².